The lowest BCUT2D eigenvalue weighted by atomic mass is 9.89. The van der Waals surface area contributed by atoms with Crippen molar-refractivity contribution in [2.24, 2.45) is 5.92 Å². The summed E-state index contributed by atoms with van der Waals surface area (Å²) in [5.74, 6) is -0.316. The molecule has 0 N–H and O–H groups in total. The highest BCUT2D eigenvalue weighted by Gasteiger charge is 2.26. The Hall–Kier alpha value is -3.73. The van der Waals surface area contributed by atoms with Crippen LogP contribution in [0, 0.1) is 23.1 Å². The maximum Gasteiger partial charge on any atom is 0.329 e. The maximum absolute atomic E-state index is 13.4. The number of rotatable bonds is 7. The minimum atomic E-state index is -0.339. The molecule has 8 heteroatoms. The molecule has 37 heavy (non-hydrogen) atoms. The fraction of sp³-hybridized carbons (Fsp3) is 0.276. The van der Waals surface area contributed by atoms with E-state index in [9.17, 15) is 19.2 Å². The minimum Gasteiger partial charge on any atom is -0.302 e. The molecule has 4 aromatic rings. The van der Waals surface area contributed by atoms with E-state index in [2.05, 4.69) is 11.0 Å². The Kier molecular flexibility index (Phi) is 8.22. The normalized spacial score (nSPS) is 14.3. The van der Waals surface area contributed by atoms with E-state index in [4.69, 9.17) is 0 Å². The minimum absolute atomic E-state index is 0. The summed E-state index contributed by atoms with van der Waals surface area (Å²) in [6.45, 7) is 3.24. The van der Waals surface area contributed by atoms with Crippen LogP contribution in [0.4, 0.5) is 4.39 Å². The van der Waals surface area contributed by atoms with Crippen LogP contribution in [0.2, 0.25) is 0 Å². The molecule has 1 aliphatic rings. The molecule has 1 saturated heterocycles. The van der Waals surface area contributed by atoms with Gasteiger partial charge in [0.05, 0.1) is 29.2 Å². The third-order valence-corrected chi connectivity index (χ3v) is 7.05. The number of aromatic nitrogens is 2. The third-order valence-electron chi connectivity index (χ3n) is 7.05. The number of para-hydroxylation sites is 2. The number of nitriles is 1. The number of carbonyl (C=O) groups is 1. The van der Waals surface area contributed by atoms with Gasteiger partial charge in [0, 0.05) is 24.6 Å². The number of imidazole rings is 1. The van der Waals surface area contributed by atoms with E-state index in [1.807, 2.05) is 47.0 Å². The summed E-state index contributed by atoms with van der Waals surface area (Å²) in [6.07, 6.45) is 1.50. The van der Waals surface area contributed by atoms with Gasteiger partial charge in [0.2, 0.25) is 0 Å². The molecular formula is C29H28ClFN4O2. The summed E-state index contributed by atoms with van der Waals surface area (Å²) >= 11 is 0. The van der Waals surface area contributed by atoms with Gasteiger partial charge in [-0.2, -0.15) is 5.26 Å². The number of Topliss-reactive ketones (excluding diaryl/α,β-unsaturated/α-hetero) is 1. The topological polar surface area (TPSA) is 71.0 Å². The molecule has 0 atom stereocenters. The Labute approximate surface area is 221 Å². The number of benzene rings is 3. The first kappa shape index (κ1) is 26.3. The molecule has 0 aliphatic carbocycles. The van der Waals surface area contributed by atoms with E-state index in [-0.39, 0.29) is 35.6 Å². The van der Waals surface area contributed by atoms with Gasteiger partial charge >= 0.3 is 5.69 Å². The van der Waals surface area contributed by atoms with E-state index in [1.54, 1.807) is 22.8 Å². The monoisotopic (exact) mass is 518 g/mol. The number of ketones is 1. The quantitative estimate of drug-likeness (QED) is 0.327. The first-order chi connectivity index (χ1) is 17.5. The Morgan fingerprint density at radius 3 is 2.27 bits per heavy atom. The van der Waals surface area contributed by atoms with Crippen molar-refractivity contribution in [3.63, 3.8) is 0 Å². The number of nitrogens with zero attached hydrogens (tertiary/aromatic N) is 4. The molecule has 1 fully saturated rings. The predicted molar refractivity (Wildman–Crippen MR) is 144 cm³/mol. The lowest BCUT2D eigenvalue weighted by Crippen LogP contribution is -2.39. The molecule has 0 unspecified atom stereocenters. The summed E-state index contributed by atoms with van der Waals surface area (Å²) in [5, 5.41) is 9.21. The standard InChI is InChI=1S/C29H27FN4O2.ClH/c30-25-10-8-23(9-11-25)28(35)24-12-14-32(15-13-24)16-17-33-26-6-1-2-7-27(26)34(29(33)36)20-22-5-3-4-21(18-22)19-31;/h1-11,18,24H,12-17,20H2;1H. The van der Waals surface area contributed by atoms with Gasteiger partial charge in [0.1, 0.15) is 5.82 Å². The van der Waals surface area contributed by atoms with Crippen molar-refractivity contribution in [1.82, 2.24) is 14.0 Å². The number of piperidine rings is 1. The van der Waals surface area contributed by atoms with Gasteiger partial charge in [-0.1, -0.05) is 24.3 Å². The van der Waals surface area contributed by atoms with E-state index >= 15 is 0 Å². The van der Waals surface area contributed by atoms with Gasteiger partial charge in [-0.25, -0.2) is 9.18 Å². The van der Waals surface area contributed by atoms with Gasteiger partial charge in [0.15, 0.2) is 5.78 Å². The molecular weight excluding hydrogens is 491 g/mol. The molecule has 1 aromatic heterocycles. The number of hydrogen-bond donors (Lipinski definition) is 0. The van der Waals surface area contributed by atoms with E-state index in [0.717, 1.165) is 49.1 Å². The Balaban J connectivity index is 0.00000320. The van der Waals surface area contributed by atoms with Gasteiger partial charge in [-0.05, 0) is 80.0 Å². The molecule has 6 nitrogen and oxygen atoms in total. The molecule has 0 spiro atoms. The van der Waals surface area contributed by atoms with E-state index in [1.165, 1.54) is 12.1 Å². The van der Waals surface area contributed by atoms with Crippen molar-refractivity contribution in [3.8, 4) is 6.07 Å². The zero-order chi connectivity index (χ0) is 25.1. The van der Waals surface area contributed by atoms with Crippen molar-refractivity contribution >= 4 is 29.2 Å². The third kappa shape index (κ3) is 5.66. The highest BCUT2D eigenvalue weighted by atomic mass is 35.5. The van der Waals surface area contributed by atoms with Crippen LogP contribution >= 0.6 is 12.4 Å². The zero-order valence-corrected chi connectivity index (χ0v) is 21.2. The molecule has 0 amide bonds. The fourth-order valence-corrected chi connectivity index (χ4v) is 5.07. The van der Waals surface area contributed by atoms with Crippen LogP contribution in [-0.2, 0) is 13.1 Å². The SMILES string of the molecule is Cl.N#Cc1cccc(Cn2c(=O)n(CCN3CCC(C(=O)c4ccc(F)cc4)CC3)c3ccccc32)c1. The number of halogens is 2. The number of carbonyl (C=O) groups excluding carboxylic acids is 1. The predicted octanol–water partition coefficient (Wildman–Crippen LogP) is 4.88. The van der Waals surface area contributed by atoms with Gasteiger partial charge in [-0.3, -0.25) is 13.9 Å². The van der Waals surface area contributed by atoms with Crippen molar-refractivity contribution in [1.29, 1.82) is 5.26 Å². The van der Waals surface area contributed by atoms with Crippen LogP contribution in [0.5, 0.6) is 0 Å². The molecule has 0 bridgehead atoms. The largest absolute Gasteiger partial charge is 0.329 e. The van der Waals surface area contributed by atoms with Crippen molar-refractivity contribution in [3.05, 3.63) is 106 Å². The molecule has 0 saturated carbocycles. The second-order valence-corrected chi connectivity index (χ2v) is 9.31. The van der Waals surface area contributed by atoms with Crippen molar-refractivity contribution < 1.29 is 9.18 Å². The highest BCUT2D eigenvalue weighted by molar-refractivity contribution is 5.97. The van der Waals surface area contributed by atoms with Gasteiger partial charge in [-0.15, -0.1) is 12.4 Å². The summed E-state index contributed by atoms with van der Waals surface area (Å²) in [6, 6.07) is 23.0. The van der Waals surface area contributed by atoms with Crippen LogP contribution in [0.1, 0.15) is 34.3 Å². The Morgan fingerprint density at radius 1 is 0.919 bits per heavy atom. The lowest BCUT2D eigenvalue weighted by molar-refractivity contribution is 0.0837. The first-order valence-corrected chi connectivity index (χ1v) is 12.2. The molecule has 5 rings (SSSR count). The second-order valence-electron chi connectivity index (χ2n) is 9.31. The first-order valence-electron chi connectivity index (χ1n) is 12.2. The van der Waals surface area contributed by atoms with E-state index < -0.39 is 0 Å². The van der Waals surface area contributed by atoms with Crippen LogP contribution in [0.15, 0.2) is 77.6 Å². The zero-order valence-electron chi connectivity index (χ0n) is 20.3. The van der Waals surface area contributed by atoms with Crippen LogP contribution in [-0.4, -0.2) is 39.5 Å². The van der Waals surface area contributed by atoms with Crippen LogP contribution < -0.4 is 5.69 Å². The van der Waals surface area contributed by atoms with Crippen molar-refractivity contribution in [2.75, 3.05) is 19.6 Å². The van der Waals surface area contributed by atoms with Gasteiger partial charge in [0.25, 0.3) is 0 Å². The second kappa shape index (κ2) is 11.5. The average Bonchev–Trinajstić information content (AvgIpc) is 3.18. The van der Waals surface area contributed by atoms with Gasteiger partial charge < -0.3 is 4.90 Å². The van der Waals surface area contributed by atoms with Crippen molar-refractivity contribution in [2.45, 2.75) is 25.9 Å². The number of fused-ring (bicyclic) bond motifs is 1. The summed E-state index contributed by atoms with van der Waals surface area (Å²) in [4.78, 5) is 28.5. The highest BCUT2D eigenvalue weighted by Crippen LogP contribution is 2.22. The molecule has 1 aliphatic heterocycles. The fourth-order valence-electron chi connectivity index (χ4n) is 5.07. The molecule has 3 aromatic carbocycles. The van der Waals surface area contributed by atoms with E-state index in [0.29, 0.717) is 24.2 Å². The number of hydrogen-bond acceptors (Lipinski definition) is 4. The van der Waals surface area contributed by atoms with Crippen LogP contribution in [0.3, 0.4) is 0 Å². The molecule has 190 valence electrons. The lowest BCUT2D eigenvalue weighted by Gasteiger charge is -2.31. The summed E-state index contributed by atoms with van der Waals surface area (Å²) < 4.78 is 16.8. The molecule has 2 heterocycles. The smallest absolute Gasteiger partial charge is 0.302 e. The Bertz CT molecular complexity index is 1500. The number of likely N-dealkylation sites (tertiary alicyclic amines) is 1. The Morgan fingerprint density at radius 2 is 1.59 bits per heavy atom. The molecule has 0 radical (unpaired) electrons. The summed E-state index contributed by atoms with van der Waals surface area (Å²) in [7, 11) is 0. The maximum atomic E-state index is 13.4. The average molecular weight is 519 g/mol. The summed E-state index contributed by atoms with van der Waals surface area (Å²) in [5.41, 5.74) is 3.74. The van der Waals surface area contributed by atoms with Crippen LogP contribution in [0.25, 0.3) is 11.0 Å².